The number of likely N-dealkylation sites (N-methyl/N-ethyl adjacent to an activating group) is 1. The van der Waals surface area contributed by atoms with Crippen LogP contribution in [0.25, 0.3) is 0 Å². The lowest BCUT2D eigenvalue weighted by atomic mass is 9.89. The van der Waals surface area contributed by atoms with E-state index in [1.54, 1.807) is 25.1 Å². The van der Waals surface area contributed by atoms with Crippen molar-refractivity contribution >= 4 is 11.7 Å². The van der Waals surface area contributed by atoms with E-state index in [0.717, 1.165) is 5.69 Å². The molecule has 0 spiro atoms. The average molecular weight is 250 g/mol. The van der Waals surface area contributed by atoms with E-state index >= 15 is 0 Å². The number of Topliss-reactive ketones (excluding diaryl/α,β-unsaturated/α-hetero) is 1. The van der Waals surface area contributed by atoms with Gasteiger partial charge in [-0.1, -0.05) is 20.8 Å². The number of aromatic nitrogens is 1. The van der Waals surface area contributed by atoms with Crippen LogP contribution in [0.4, 0.5) is 0 Å². The Kier molecular flexibility index (Phi) is 3.99. The summed E-state index contributed by atoms with van der Waals surface area (Å²) in [5.74, 6) is 0.125. The van der Waals surface area contributed by atoms with Crippen LogP contribution in [-0.2, 0) is 18.3 Å². The number of hydrogen-bond donors (Lipinski definition) is 0. The normalized spacial score (nSPS) is 11.4. The second-order valence-electron chi connectivity index (χ2n) is 5.81. The highest BCUT2D eigenvalue weighted by Gasteiger charge is 2.25. The molecule has 0 saturated carbocycles. The fraction of sp³-hybridized carbons (Fsp3) is 0.571. The maximum Gasteiger partial charge on any atom is 0.227 e. The molecule has 0 aliphatic carbocycles. The Bertz CT molecular complexity index is 465. The van der Waals surface area contributed by atoms with Crippen molar-refractivity contribution in [2.24, 2.45) is 12.5 Å². The summed E-state index contributed by atoms with van der Waals surface area (Å²) < 4.78 is 1.81. The summed E-state index contributed by atoms with van der Waals surface area (Å²) in [4.78, 5) is 25.4. The molecule has 1 rings (SSSR count). The van der Waals surface area contributed by atoms with E-state index in [9.17, 15) is 9.59 Å². The van der Waals surface area contributed by atoms with Gasteiger partial charge < -0.3 is 9.47 Å². The molecule has 4 heteroatoms. The topological polar surface area (TPSA) is 42.3 Å². The van der Waals surface area contributed by atoms with Gasteiger partial charge in [-0.25, -0.2) is 0 Å². The molecule has 4 nitrogen and oxygen atoms in total. The second kappa shape index (κ2) is 4.96. The minimum absolute atomic E-state index is 0.0333. The van der Waals surface area contributed by atoms with Crippen molar-refractivity contribution in [1.29, 1.82) is 0 Å². The molecule has 0 aliphatic rings. The smallest absolute Gasteiger partial charge is 0.227 e. The summed E-state index contributed by atoms with van der Waals surface area (Å²) in [5, 5.41) is 0. The SMILES string of the molecule is CN(C)C(=O)Cc1ccc(C(=O)C(C)(C)C)n1C. The van der Waals surface area contributed by atoms with Crippen LogP contribution in [-0.4, -0.2) is 35.3 Å². The molecule has 0 fully saturated rings. The minimum Gasteiger partial charge on any atom is -0.348 e. The van der Waals surface area contributed by atoms with Gasteiger partial charge >= 0.3 is 0 Å². The first-order valence-electron chi connectivity index (χ1n) is 6.04. The van der Waals surface area contributed by atoms with Crippen LogP contribution in [0.15, 0.2) is 12.1 Å². The molecule has 0 saturated heterocycles. The highest BCUT2D eigenvalue weighted by Crippen LogP contribution is 2.22. The van der Waals surface area contributed by atoms with Crippen molar-refractivity contribution in [2.45, 2.75) is 27.2 Å². The fourth-order valence-corrected chi connectivity index (χ4v) is 1.66. The van der Waals surface area contributed by atoms with Crippen molar-refractivity contribution in [3.05, 3.63) is 23.5 Å². The average Bonchev–Trinajstić information content (AvgIpc) is 2.58. The summed E-state index contributed by atoms with van der Waals surface area (Å²) in [6.45, 7) is 5.69. The summed E-state index contributed by atoms with van der Waals surface area (Å²) in [6, 6.07) is 3.65. The van der Waals surface area contributed by atoms with Crippen molar-refractivity contribution in [2.75, 3.05) is 14.1 Å². The van der Waals surface area contributed by atoms with Gasteiger partial charge in [0.2, 0.25) is 5.91 Å². The third kappa shape index (κ3) is 3.00. The minimum atomic E-state index is -0.408. The van der Waals surface area contributed by atoms with E-state index in [0.29, 0.717) is 12.1 Å². The zero-order valence-electron chi connectivity index (χ0n) is 12.1. The predicted molar refractivity (Wildman–Crippen MR) is 71.6 cm³/mol. The van der Waals surface area contributed by atoms with Gasteiger partial charge in [-0.2, -0.15) is 0 Å². The van der Waals surface area contributed by atoms with Gasteiger partial charge in [0.1, 0.15) is 0 Å². The Labute approximate surface area is 109 Å². The summed E-state index contributed by atoms with van der Waals surface area (Å²) in [5.41, 5.74) is 1.11. The Morgan fingerprint density at radius 3 is 2.22 bits per heavy atom. The quantitative estimate of drug-likeness (QED) is 0.769. The molecule has 0 radical (unpaired) electrons. The number of ketones is 1. The van der Waals surface area contributed by atoms with Gasteiger partial charge in [-0.3, -0.25) is 9.59 Å². The zero-order valence-corrected chi connectivity index (χ0v) is 12.1. The standard InChI is InChI=1S/C14H22N2O2/c1-14(2,3)13(18)11-8-7-10(16(11)6)9-12(17)15(4)5/h7-8H,9H2,1-6H3. The molecular formula is C14H22N2O2. The largest absolute Gasteiger partial charge is 0.348 e. The first kappa shape index (κ1) is 14.5. The molecule has 0 N–H and O–H groups in total. The molecule has 0 unspecified atom stereocenters. The van der Waals surface area contributed by atoms with Crippen molar-refractivity contribution in [1.82, 2.24) is 9.47 Å². The van der Waals surface area contributed by atoms with Gasteiger partial charge in [-0.15, -0.1) is 0 Å². The van der Waals surface area contributed by atoms with Gasteiger partial charge in [0.15, 0.2) is 5.78 Å². The molecule has 0 aliphatic heterocycles. The fourth-order valence-electron chi connectivity index (χ4n) is 1.66. The molecule has 1 aromatic rings. The van der Waals surface area contributed by atoms with Gasteiger partial charge in [0, 0.05) is 32.3 Å². The number of hydrogen-bond acceptors (Lipinski definition) is 2. The Balaban J connectivity index is 2.98. The molecule has 1 amide bonds. The molecule has 1 heterocycles. The van der Waals surface area contributed by atoms with Crippen LogP contribution in [0.3, 0.4) is 0 Å². The third-order valence-electron chi connectivity index (χ3n) is 2.97. The maximum atomic E-state index is 12.2. The van der Waals surface area contributed by atoms with E-state index in [-0.39, 0.29) is 11.7 Å². The molecule has 0 bridgehead atoms. The number of nitrogens with zero attached hydrogens (tertiary/aromatic N) is 2. The molecular weight excluding hydrogens is 228 g/mol. The van der Waals surface area contributed by atoms with E-state index in [2.05, 4.69) is 0 Å². The number of carbonyl (C=O) groups excluding carboxylic acids is 2. The summed E-state index contributed by atoms with van der Waals surface area (Å²) >= 11 is 0. The van der Waals surface area contributed by atoms with E-state index in [1.807, 2.05) is 38.5 Å². The summed E-state index contributed by atoms with van der Waals surface area (Å²) in [7, 11) is 5.29. The predicted octanol–water partition coefficient (Wildman–Crippen LogP) is 1.88. The first-order valence-corrected chi connectivity index (χ1v) is 6.04. The van der Waals surface area contributed by atoms with Crippen LogP contribution in [0.1, 0.15) is 37.0 Å². The third-order valence-corrected chi connectivity index (χ3v) is 2.97. The van der Waals surface area contributed by atoms with Crippen LogP contribution in [0.5, 0.6) is 0 Å². The molecule has 1 aromatic heterocycles. The van der Waals surface area contributed by atoms with E-state index in [1.165, 1.54) is 0 Å². The van der Waals surface area contributed by atoms with Crippen LogP contribution in [0, 0.1) is 5.41 Å². The number of amides is 1. The van der Waals surface area contributed by atoms with Crippen molar-refractivity contribution in [3.63, 3.8) is 0 Å². The first-order chi connectivity index (χ1) is 8.14. The molecule has 18 heavy (non-hydrogen) atoms. The Hall–Kier alpha value is -1.58. The van der Waals surface area contributed by atoms with Gasteiger partial charge in [-0.05, 0) is 12.1 Å². The number of rotatable bonds is 3. The van der Waals surface area contributed by atoms with Crippen molar-refractivity contribution < 1.29 is 9.59 Å². The summed E-state index contributed by atoms with van der Waals surface area (Å²) in [6.07, 6.45) is 0.320. The van der Waals surface area contributed by atoms with Crippen LogP contribution in [0.2, 0.25) is 0 Å². The van der Waals surface area contributed by atoms with Crippen LogP contribution < -0.4 is 0 Å². The van der Waals surface area contributed by atoms with Crippen molar-refractivity contribution in [3.8, 4) is 0 Å². The Morgan fingerprint density at radius 1 is 1.22 bits per heavy atom. The lowest BCUT2D eigenvalue weighted by Crippen LogP contribution is -2.26. The Morgan fingerprint density at radius 2 is 1.78 bits per heavy atom. The molecule has 0 atom stereocenters. The highest BCUT2D eigenvalue weighted by molar-refractivity contribution is 5.98. The van der Waals surface area contributed by atoms with E-state index < -0.39 is 5.41 Å². The van der Waals surface area contributed by atoms with Gasteiger partial charge in [0.05, 0.1) is 12.1 Å². The lowest BCUT2D eigenvalue weighted by Gasteiger charge is -2.18. The lowest BCUT2D eigenvalue weighted by molar-refractivity contribution is -0.128. The van der Waals surface area contributed by atoms with Crippen LogP contribution >= 0.6 is 0 Å². The monoisotopic (exact) mass is 250 g/mol. The van der Waals surface area contributed by atoms with Gasteiger partial charge in [0.25, 0.3) is 0 Å². The maximum absolute atomic E-state index is 12.2. The second-order valence-corrected chi connectivity index (χ2v) is 5.81. The zero-order chi connectivity index (χ0) is 14.1. The molecule has 0 aromatic carbocycles. The highest BCUT2D eigenvalue weighted by atomic mass is 16.2. The molecule has 100 valence electrons. The van der Waals surface area contributed by atoms with E-state index in [4.69, 9.17) is 0 Å². The number of carbonyl (C=O) groups is 2.